The molecule has 3 N–H and O–H groups in total. The lowest BCUT2D eigenvalue weighted by atomic mass is 9.97. The summed E-state index contributed by atoms with van der Waals surface area (Å²) in [6.45, 7) is 21.0. The smallest absolute Gasteiger partial charge is 0.311 e. The number of unbranched alkanes of at least 4 members (excludes halogenated alkanes) is 16. The fourth-order valence-electron chi connectivity index (χ4n) is 6.49. The van der Waals surface area contributed by atoms with Crippen LogP contribution in [0, 0.1) is 11.8 Å². The monoisotopic (exact) mass is 1030 g/mol. The van der Waals surface area contributed by atoms with Crippen molar-refractivity contribution in [3.63, 3.8) is 0 Å². The SMILES string of the molecule is CCC(C)O.CCCCCCCCCCC=COC(C)(CCCC(C)C)CSP(O)(=S)OC(=O)CCC(=O)OP(O)(=S)SCC(C)(CCCC(C)C)OC=CCCCCCCCCCC. The zero-order valence-electron chi connectivity index (χ0n) is 42.9. The van der Waals surface area contributed by atoms with E-state index in [1.54, 1.807) is 19.4 Å². The predicted molar refractivity (Wildman–Crippen MR) is 290 cm³/mol. The van der Waals surface area contributed by atoms with Crippen LogP contribution in [0.5, 0.6) is 0 Å². The first-order chi connectivity index (χ1) is 30.6. The second-order valence-corrected chi connectivity index (χ2v) is 31.4. The molecule has 9 nitrogen and oxygen atoms in total. The lowest BCUT2D eigenvalue weighted by Crippen LogP contribution is -2.30. The highest BCUT2D eigenvalue weighted by Gasteiger charge is 2.32. The zero-order valence-corrected chi connectivity index (χ0v) is 47.9. The minimum absolute atomic E-state index is 0.116. The number of hydrogen-bond donors (Lipinski definition) is 3. The first kappa shape index (κ1) is 67.0. The third kappa shape index (κ3) is 46.1. The normalized spacial score (nSPS) is 16.0. The molecule has 0 aromatic rings. The van der Waals surface area contributed by atoms with Gasteiger partial charge in [0.2, 0.25) is 0 Å². The zero-order chi connectivity index (χ0) is 49.5. The van der Waals surface area contributed by atoms with Gasteiger partial charge in [0.15, 0.2) is 0 Å². The number of ether oxygens (including phenoxy) is 2. The lowest BCUT2D eigenvalue weighted by Gasteiger charge is -2.30. The Balaban J connectivity index is 0. The summed E-state index contributed by atoms with van der Waals surface area (Å²) >= 11 is 12.8. The predicted octanol–water partition coefficient (Wildman–Crippen LogP) is 16.8. The van der Waals surface area contributed by atoms with E-state index >= 15 is 0 Å². The van der Waals surface area contributed by atoms with Crippen LogP contribution >= 0.6 is 34.2 Å². The summed E-state index contributed by atoms with van der Waals surface area (Å²) in [5, 5.41) is 8.36. The van der Waals surface area contributed by atoms with Crippen molar-refractivity contribution in [3.8, 4) is 0 Å². The number of aliphatic hydroxyl groups is 1. The molecule has 0 aliphatic carbocycles. The van der Waals surface area contributed by atoms with Gasteiger partial charge in [0.1, 0.15) is 11.2 Å². The highest BCUT2D eigenvalue weighted by atomic mass is 32.9. The van der Waals surface area contributed by atoms with Crippen LogP contribution in [0.2, 0.25) is 0 Å². The summed E-state index contributed by atoms with van der Waals surface area (Å²) in [6.07, 6.45) is 35.5. The summed E-state index contributed by atoms with van der Waals surface area (Å²) in [4.78, 5) is 47.4. The van der Waals surface area contributed by atoms with E-state index in [1.807, 2.05) is 20.8 Å². The van der Waals surface area contributed by atoms with E-state index in [4.69, 9.17) is 47.2 Å². The second-order valence-electron chi connectivity index (χ2n) is 19.1. The molecule has 5 unspecified atom stereocenters. The molecule has 15 heteroatoms. The molecule has 0 fully saturated rings. The van der Waals surface area contributed by atoms with Crippen molar-refractivity contribution in [2.24, 2.45) is 11.8 Å². The molecule has 0 heterocycles. The van der Waals surface area contributed by atoms with E-state index in [-0.39, 0.29) is 18.9 Å². The standard InChI is InChI=1S/C46H88O8P2S4.C4H10O/c1-9-11-13-15-17-19-21-23-25-27-37-51-45(7,35-29-31-41(3)4)39-59-55(49,57)53-43(47)33-34-44(48)54-56(50,58)60-40-46(8,36-30-32-42(5)6)52-38-28-26-24-22-20-18-16-14-12-10-2;1-3-4(2)5/h27-28,37-38,41-42H,9-26,29-36,39-40H2,1-8H3,(H,49,57)(H,50,58);4-5H,3H2,1-2H3. The summed E-state index contributed by atoms with van der Waals surface area (Å²) in [5.41, 5.74) is -8.36. The minimum atomic E-state index is -3.58. The van der Waals surface area contributed by atoms with Crippen molar-refractivity contribution in [2.75, 3.05) is 11.5 Å². The average Bonchev–Trinajstić information content (AvgIpc) is 3.22. The number of rotatable bonds is 42. The van der Waals surface area contributed by atoms with Gasteiger partial charge in [-0.05, 0) is 126 Å². The Hall–Kier alpha value is -0.100. The number of carbonyl (C=O) groups is 2. The quantitative estimate of drug-likeness (QED) is 0.0305. The number of aliphatic hydroxyl groups excluding tert-OH is 1. The van der Waals surface area contributed by atoms with Gasteiger partial charge in [0, 0.05) is 11.5 Å². The van der Waals surface area contributed by atoms with Gasteiger partial charge >= 0.3 is 11.9 Å². The molecular weight excluding hydrogens is 935 g/mol. The maximum Gasteiger partial charge on any atom is 0.311 e. The molecule has 0 aromatic heterocycles. The molecule has 0 rings (SSSR count). The van der Waals surface area contributed by atoms with Crippen molar-refractivity contribution in [1.82, 2.24) is 0 Å². The van der Waals surface area contributed by atoms with Crippen LogP contribution in [0.4, 0.5) is 0 Å². The van der Waals surface area contributed by atoms with Gasteiger partial charge in [-0.2, -0.15) is 0 Å². The lowest BCUT2D eigenvalue weighted by molar-refractivity contribution is -0.140. The second kappa shape index (κ2) is 41.7. The van der Waals surface area contributed by atoms with Crippen LogP contribution in [0.25, 0.3) is 0 Å². The summed E-state index contributed by atoms with van der Waals surface area (Å²) in [6, 6.07) is 0. The number of allylic oxidation sites excluding steroid dienone is 2. The Morgan fingerprint density at radius 2 is 0.877 bits per heavy atom. The van der Waals surface area contributed by atoms with E-state index < -0.39 is 34.5 Å². The van der Waals surface area contributed by atoms with E-state index in [0.717, 1.165) is 93.4 Å². The van der Waals surface area contributed by atoms with Crippen LogP contribution in [0.3, 0.4) is 0 Å². The molecule has 386 valence electrons. The molecule has 65 heavy (non-hydrogen) atoms. The first-order valence-electron chi connectivity index (χ1n) is 25.4. The van der Waals surface area contributed by atoms with Gasteiger partial charge in [-0.25, -0.2) is 0 Å². The summed E-state index contributed by atoms with van der Waals surface area (Å²) in [5.74, 6) is 0.196. The molecular formula is C50H98O9P2S4. The highest BCUT2D eigenvalue weighted by molar-refractivity contribution is 8.68. The minimum Gasteiger partial charge on any atom is -0.495 e. The molecule has 0 aliphatic rings. The number of hydrogen-bond acceptors (Lipinski definition) is 11. The molecule has 0 aromatic carbocycles. The van der Waals surface area contributed by atoms with Gasteiger partial charge in [0.25, 0.3) is 11.4 Å². The van der Waals surface area contributed by atoms with Crippen LogP contribution < -0.4 is 0 Å². The van der Waals surface area contributed by atoms with E-state index in [1.165, 1.54) is 89.9 Å². The average molecular weight is 1030 g/mol. The fourth-order valence-corrected chi connectivity index (χ4v) is 13.5. The molecule has 0 aliphatic heterocycles. The van der Waals surface area contributed by atoms with Crippen molar-refractivity contribution in [1.29, 1.82) is 0 Å². The topological polar surface area (TPSA) is 132 Å². The van der Waals surface area contributed by atoms with E-state index in [0.29, 0.717) is 23.3 Å². The Bertz CT molecular complexity index is 1240. The van der Waals surface area contributed by atoms with Gasteiger partial charge in [-0.1, -0.05) is 174 Å². The van der Waals surface area contributed by atoms with Crippen LogP contribution in [0.1, 0.15) is 243 Å². The highest BCUT2D eigenvalue weighted by Crippen LogP contribution is 2.59. The third-order valence-electron chi connectivity index (χ3n) is 10.9. The van der Waals surface area contributed by atoms with Gasteiger partial charge in [0.05, 0.1) is 31.5 Å². The first-order valence-corrected chi connectivity index (χ1v) is 33.9. The molecule has 0 spiro atoms. The fraction of sp³-hybridized carbons (Fsp3) is 0.880. The maximum atomic E-state index is 12.7. The van der Waals surface area contributed by atoms with Crippen molar-refractivity contribution >= 4 is 69.7 Å². The molecule has 0 saturated carbocycles. The van der Waals surface area contributed by atoms with Crippen LogP contribution in [-0.2, 0) is 51.7 Å². The Kier molecular flexibility index (Phi) is 42.9. The van der Waals surface area contributed by atoms with Crippen LogP contribution in [0.15, 0.2) is 24.7 Å². The van der Waals surface area contributed by atoms with E-state index in [2.05, 4.69) is 53.7 Å². The maximum absolute atomic E-state index is 12.7. The van der Waals surface area contributed by atoms with Crippen molar-refractivity contribution in [3.05, 3.63) is 24.7 Å². The van der Waals surface area contributed by atoms with Crippen LogP contribution in [-0.4, -0.2) is 55.6 Å². The third-order valence-corrected chi connectivity index (χ3v) is 19.5. The summed E-state index contributed by atoms with van der Waals surface area (Å²) < 4.78 is 23.1. The Morgan fingerprint density at radius 1 is 0.569 bits per heavy atom. The molecule has 5 atom stereocenters. The van der Waals surface area contributed by atoms with Gasteiger partial charge in [-0.3, -0.25) is 9.59 Å². The Labute approximate surface area is 418 Å². The molecule has 0 bridgehead atoms. The Morgan fingerprint density at radius 3 is 1.17 bits per heavy atom. The summed E-state index contributed by atoms with van der Waals surface area (Å²) in [7, 11) is 0. The molecule has 0 radical (unpaired) electrons. The largest absolute Gasteiger partial charge is 0.495 e. The van der Waals surface area contributed by atoms with Gasteiger partial charge in [-0.15, -0.1) is 0 Å². The van der Waals surface area contributed by atoms with Crippen molar-refractivity contribution in [2.45, 2.75) is 260 Å². The number of carbonyl (C=O) groups excluding carboxylic acids is 2. The van der Waals surface area contributed by atoms with Gasteiger partial charge < -0.3 is 33.4 Å². The molecule has 0 amide bonds. The molecule has 0 saturated heterocycles. The van der Waals surface area contributed by atoms with Crippen molar-refractivity contribution < 1.29 is 43.0 Å². The van der Waals surface area contributed by atoms with E-state index in [9.17, 15) is 19.4 Å².